The zero-order chi connectivity index (χ0) is 13.4. The van der Waals surface area contributed by atoms with E-state index in [0.717, 1.165) is 16.3 Å². The van der Waals surface area contributed by atoms with Gasteiger partial charge in [0.15, 0.2) is 5.84 Å². The number of thioether (sulfide) groups is 1. The molecule has 0 aromatic heterocycles. The van der Waals surface area contributed by atoms with Gasteiger partial charge in [-0.3, -0.25) is 10.8 Å². The van der Waals surface area contributed by atoms with E-state index in [0.29, 0.717) is 0 Å². The summed E-state index contributed by atoms with van der Waals surface area (Å²) in [6.07, 6.45) is 1.81. The maximum absolute atomic E-state index is 8.73. The van der Waals surface area contributed by atoms with E-state index in [-0.39, 0.29) is 11.5 Å². The van der Waals surface area contributed by atoms with Crippen molar-refractivity contribution in [3.8, 4) is 6.07 Å². The average molecular weight is 259 g/mol. The van der Waals surface area contributed by atoms with Gasteiger partial charge in [-0.15, -0.1) is 18.3 Å². The first kappa shape index (κ1) is 13.8. The number of nitrogens with zero attached hydrogens (tertiary/aromatic N) is 2. The first-order chi connectivity index (χ1) is 8.69. The molecule has 0 aliphatic heterocycles. The predicted octanol–water partition coefficient (Wildman–Crippen LogP) is 2.19. The number of rotatable bonds is 6. The Morgan fingerprint density at radius 2 is 2.33 bits per heavy atom. The van der Waals surface area contributed by atoms with Crippen LogP contribution in [0.5, 0.6) is 0 Å². The van der Waals surface area contributed by atoms with Crippen molar-refractivity contribution in [3.63, 3.8) is 0 Å². The van der Waals surface area contributed by atoms with E-state index in [1.807, 2.05) is 24.3 Å². The minimum atomic E-state index is -0.360. The Balaban J connectivity index is 2.87. The van der Waals surface area contributed by atoms with E-state index in [1.165, 1.54) is 0 Å². The Morgan fingerprint density at radius 1 is 1.61 bits per heavy atom. The summed E-state index contributed by atoms with van der Waals surface area (Å²) >= 11 is 1.60. The molecule has 92 valence electrons. The molecule has 1 aromatic rings. The fourth-order valence-electron chi connectivity index (χ4n) is 1.10. The van der Waals surface area contributed by atoms with Gasteiger partial charge in [0, 0.05) is 10.6 Å². The zero-order valence-electron chi connectivity index (χ0n) is 9.68. The summed E-state index contributed by atoms with van der Waals surface area (Å²) in [6.45, 7) is 3.66. The minimum Gasteiger partial charge on any atom is -0.382 e. The molecule has 0 heterocycles. The SMILES string of the molecule is C=CCSc1ccccc1N/N=C(\C#N)C(=N)N. The van der Waals surface area contributed by atoms with Crippen molar-refractivity contribution >= 4 is 29.0 Å². The van der Waals surface area contributed by atoms with Gasteiger partial charge >= 0.3 is 0 Å². The summed E-state index contributed by atoms with van der Waals surface area (Å²) in [5.41, 5.74) is 8.57. The van der Waals surface area contributed by atoms with Crippen LogP contribution in [-0.4, -0.2) is 17.3 Å². The number of hydrogen-bond acceptors (Lipinski definition) is 5. The highest BCUT2D eigenvalue weighted by atomic mass is 32.2. The molecule has 0 saturated heterocycles. The van der Waals surface area contributed by atoms with Gasteiger partial charge in [-0.25, -0.2) is 0 Å². The standard InChI is InChI=1S/C12H13N5S/c1-2-7-18-11-6-4-3-5-9(11)16-17-10(8-13)12(14)15/h2-6,16H,1,7H2,(H3,14,15)/b17-10+. The molecule has 0 atom stereocenters. The topological polar surface area (TPSA) is 98.0 Å². The molecule has 0 fully saturated rings. The zero-order valence-corrected chi connectivity index (χ0v) is 10.5. The van der Waals surface area contributed by atoms with Gasteiger partial charge in [0.05, 0.1) is 5.69 Å². The summed E-state index contributed by atoms with van der Waals surface area (Å²) < 4.78 is 0. The molecule has 0 spiro atoms. The van der Waals surface area contributed by atoms with Crippen molar-refractivity contribution in [2.75, 3.05) is 11.2 Å². The van der Waals surface area contributed by atoms with Gasteiger partial charge < -0.3 is 5.73 Å². The summed E-state index contributed by atoms with van der Waals surface area (Å²) in [5.74, 6) is 0.418. The molecule has 1 aromatic carbocycles. The number of benzene rings is 1. The van der Waals surface area contributed by atoms with Crippen LogP contribution < -0.4 is 11.2 Å². The predicted molar refractivity (Wildman–Crippen MR) is 75.9 cm³/mol. The number of hydrogen-bond donors (Lipinski definition) is 3. The van der Waals surface area contributed by atoms with Crippen LogP contribution in [0.15, 0.2) is 46.9 Å². The lowest BCUT2D eigenvalue weighted by Crippen LogP contribution is -2.21. The van der Waals surface area contributed by atoms with Crippen molar-refractivity contribution in [2.45, 2.75) is 4.90 Å². The van der Waals surface area contributed by atoms with Crippen LogP contribution in [0, 0.1) is 16.7 Å². The highest BCUT2D eigenvalue weighted by molar-refractivity contribution is 7.99. The van der Waals surface area contributed by atoms with Crippen molar-refractivity contribution in [1.82, 2.24) is 0 Å². The van der Waals surface area contributed by atoms with Crippen molar-refractivity contribution in [3.05, 3.63) is 36.9 Å². The van der Waals surface area contributed by atoms with Crippen LogP contribution in [-0.2, 0) is 0 Å². The molecular weight excluding hydrogens is 246 g/mol. The van der Waals surface area contributed by atoms with E-state index < -0.39 is 0 Å². The van der Waals surface area contributed by atoms with E-state index >= 15 is 0 Å². The normalized spacial score (nSPS) is 10.5. The van der Waals surface area contributed by atoms with Crippen molar-refractivity contribution in [2.24, 2.45) is 10.8 Å². The highest BCUT2D eigenvalue weighted by Crippen LogP contribution is 2.26. The number of hydrazone groups is 1. The second kappa shape index (κ2) is 7.14. The molecule has 5 nitrogen and oxygen atoms in total. The van der Waals surface area contributed by atoms with Crippen LogP contribution in [0.1, 0.15) is 0 Å². The third-order valence-corrected chi connectivity index (χ3v) is 2.96. The molecule has 18 heavy (non-hydrogen) atoms. The molecule has 0 aliphatic carbocycles. The molecule has 0 amide bonds. The third-order valence-electron chi connectivity index (χ3n) is 1.89. The van der Waals surface area contributed by atoms with Gasteiger partial charge in [-0.2, -0.15) is 10.4 Å². The first-order valence-electron chi connectivity index (χ1n) is 5.10. The molecule has 1 rings (SSSR count). The Kier molecular flexibility index (Phi) is 5.48. The smallest absolute Gasteiger partial charge is 0.201 e. The van der Waals surface area contributed by atoms with E-state index in [9.17, 15) is 0 Å². The summed E-state index contributed by atoms with van der Waals surface area (Å²) in [7, 11) is 0. The van der Waals surface area contributed by atoms with Crippen LogP contribution >= 0.6 is 11.8 Å². The first-order valence-corrected chi connectivity index (χ1v) is 6.08. The number of amidine groups is 1. The number of nitriles is 1. The van der Waals surface area contributed by atoms with Crippen molar-refractivity contribution in [1.29, 1.82) is 10.7 Å². The van der Waals surface area contributed by atoms with E-state index in [2.05, 4.69) is 17.1 Å². The lowest BCUT2D eigenvalue weighted by atomic mass is 10.3. The third kappa shape index (κ3) is 3.96. The average Bonchev–Trinajstić information content (AvgIpc) is 2.38. The summed E-state index contributed by atoms with van der Waals surface area (Å²) in [4.78, 5) is 0.988. The lowest BCUT2D eigenvalue weighted by molar-refractivity contribution is 1.28. The molecule has 6 heteroatoms. The minimum absolute atomic E-state index is 0.140. The van der Waals surface area contributed by atoms with E-state index in [1.54, 1.807) is 23.9 Å². The molecule has 0 bridgehead atoms. The largest absolute Gasteiger partial charge is 0.382 e. The van der Waals surface area contributed by atoms with Crippen LogP contribution in [0.3, 0.4) is 0 Å². The Bertz CT molecular complexity index is 515. The highest BCUT2D eigenvalue weighted by Gasteiger charge is 2.03. The van der Waals surface area contributed by atoms with Gasteiger partial charge in [-0.1, -0.05) is 18.2 Å². The second-order valence-corrected chi connectivity index (χ2v) is 4.26. The number of nitrogens with one attached hydrogen (secondary N) is 2. The van der Waals surface area contributed by atoms with E-state index in [4.69, 9.17) is 16.4 Å². The monoisotopic (exact) mass is 259 g/mol. The van der Waals surface area contributed by atoms with Crippen LogP contribution in [0.4, 0.5) is 5.69 Å². The Morgan fingerprint density at radius 3 is 2.94 bits per heavy atom. The molecule has 0 saturated carbocycles. The van der Waals surface area contributed by atoms with Gasteiger partial charge in [-0.05, 0) is 12.1 Å². The van der Waals surface area contributed by atoms with Crippen molar-refractivity contribution < 1.29 is 0 Å². The number of nitrogens with two attached hydrogens (primary N) is 1. The number of anilines is 1. The molecule has 4 N–H and O–H groups in total. The van der Waals surface area contributed by atoms with Crippen LogP contribution in [0.25, 0.3) is 0 Å². The lowest BCUT2D eigenvalue weighted by Gasteiger charge is -2.07. The maximum Gasteiger partial charge on any atom is 0.201 e. The van der Waals surface area contributed by atoms with Gasteiger partial charge in [0.2, 0.25) is 5.71 Å². The molecule has 0 unspecified atom stereocenters. The molecule has 0 radical (unpaired) electrons. The summed E-state index contributed by atoms with van der Waals surface area (Å²) in [6, 6.07) is 9.29. The quantitative estimate of drug-likeness (QED) is 0.240. The fraction of sp³-hybridized carbons (Fsp3) is 0.0833. The van der Waals surface area contributed by atoms with Gasteiger partial charge in [0.25, 0.3) is 0 Å². The molecule has 0 aliphatic rings. The fourth-order valence-corrected chi connectivity index (χ4v) is 1.84. The molecular formula is C12H13N5S. The summed E-state index contributed by atoms with van der Waals surface area (Å²) in [5, 5.41) is 19.7. The van der Waals surface area contributed by atoms with Crippen LogP contribution in [0.2, 0.25) is 0 Å². The maximum atomic E-state index is 8.73. The van der Waals surface area contributed by atoms with Gasteiger partial charge in [0.1, 0.15) is 6.07 Å². The second-order valence-electron chi connectivity index (χ2n) is 3.19. The Hall–Kier alpha value is -2.26. The number of para-hydroxylation sites is 1. The Labute approximate surface area is 110 Å².